The summed E-state index contributed by atoms with van der Waals surface area (Å²) in [6.07, 6.45) is 8.51. The predicted molar refractivity (Wildman–Crippen MR) is 96.4 cm³/mol. The minimum Gasteiger partial charge on any atom is -0.381 e. The van der Waals surface area contributed by atoms with Crippen molar-refractivity contribution in [2.24, 2.45) is 10.7 Å². The SMILES string of the molecule is I.NC(=NCCCOC1CCOCC1)N1CCCCCC1. The number of ether oxygens (including phenoxy) is 2. The van der Waals surface area contributed by atoms with Gasteiger partial charge in [0.25, 0.3) is 0 Å². The van der Waals surface area contributed by atoms with Crippen LogP contribution < -0.4 is 5.73 Å². The van der Waals surface area contributed by atoms with Gasteiger partial charge in [0, 0.05) is 39.5 Å². The van der Waals surface area contributed by atoms with Gasteiger partial charge >= 0.3 is 0 Å². The Hall–Kier alpha value is -0.0800. The van der Waals surface area contributed by atoms with Gasteiger partial charge in [-0.1, -0.05) is 12.8 Å². The first kappa shape index (κ1) is 19.0. The number of guanidine groups is 1. The zero-order valence-corrected chi connectivity index (χ0v) is 15.3. The Kier molecular flexibility index (Phi) is 10.4. The molecular formula is C15H30IN3O2. The molecule has 0 aliphatic carbocycles. The first-order valence-corrected chi connectivity index (χ1v) is 8.10. The van der Waals surface area contributed by atoms with Crippen LogP contribution in [0.5, 0.6) is 0 Å². The number of hydrogen-bond donors (Lipinski definition) is 1. The van der Waals surface area contributed by atoms with Crippen LogP contribution in [0.1, 0.15) is 44.9 Å². The molecule has 21 heavy (non-hydrogen) atoms. The summed E-state index contributed by atoms with van der Waals surface area (Å²) in [7, 11) is 0. The predicted octanol–water partition coefficient (Wildman–Crippen LogP) is 2.38. The maximum Gasteiger partial charge on any atom is 0.191 e. The highest BCUT2D eigenvalue weighted by atomic mass is 127. The third-order valence-electron chi connectivity index (χ3n) is 4.03. The van der Waals surface area contributed by atoms with Crippen LogP contribution in [-0.4, -0.2) is 56.4 Å². The van der Waals surface area contributed by atoms with Crippen molar-refractivity contribution in [1.82, 2.24) is 4.90 Å². The average molecular weight is 411 g/mol. The number of halogens is 1. The number of likely N-dealkylation sites (tertiary alicyclic amines) is 1. The molecule has 124 valence electrons. The Bertz CT molecular complexity index is 289. The van der Waals surface area contributed by atoms with Gasteiger partial charge in [-0.25, -0.2) is 0 Å². The lowest BCUT2D eigenvalue weighted by molar-refractivity contribution is -0.0318. The lowest BCUT2D eigenvalue weighted by atomic mass is 10.1. The van der Waals surface area contributed by atoms with E-state index in [1.165, 1.54) is 25.7 Å². The van der Waals surface area contributed by atoms with Gasteiger partial charge in [0.15, 0.2) is 5.96 Å². The number of nitrogens with zero attached hydrogens (tertiary/aromatic N) is 2. The van der Waals surface area contributed by atoms with Crippen molar-refractivity contribution in [3.8, 4) is 0 Å². The number of aliphatic imine (C=N–C) groups is 1. The van der Waals surface area contributed by atoms with E-state index in [1.807, 2.05) is 0 Å². The van der Waals surface area contributed by atoms with Gasteiger partial charge in [0.2, 0.25) is 0 Å². The second-order valence-corrected chi connectivity index (χ2v) is 5.68. The van der Waals surface area contributed by atoms with Crippen molar-refractivity contribution in [3.63, 3.8) is 0 Å². The minimum absolute atomic E-state index is 0. The van der Waals surface area contributed by atoms with Crippen LogP contribution in [0, 0.1) is 0 Å². The third kappa shape index (κ3) is 7.65. The molecule has 2 rings (SSSR count). The Morgan fingerprint density at radius 1 is 1.14 bits per heavy atom. The summed E-state index contributed by atoms with van der Waals surface area (Å²) in [6, 6.07) is 0. The number of rotatable bonds is 5. The first-order chi connectivity index (χ1) is 9.86. The van der Waals surface area contributed by atoms with Crippen LogP contribution in [0.25, 0.3) is 0 Å². The fourth-order valence-corrected chi connectivity index (χ4v) is 2.75. The van der Waals surface area contributed by atoms with Gasteiger partial charge in [0.1, 0.15) is 0 Å². The van der Waals surface area contributed by atoms with Gasteiger partial charge in [-0.3, -0.25) is 4.99 Å². The normalized spacial score (nSPS) is 21.7. The zero-order valence-electron chi connectivity index (χ0n) is 13.0. The van der Waals surface area contributed by atoms with E-state index in [4.69, 9.17) is 15.2 Å². The molecule has 0 aromatic heterocycles. The Labute approximate surface area is 145 Å². The Balaban J connectivity index is 0.00000220. The molecule has 0 aromatic carbocycles. The molecule has 0 aromatic rings. The van der Waals surface area contributed by atoms with E-state index in [1.54, 1.807) is 0 Å². The molecule has 0 unspecified atom stereocenters. The molecule has 0 spiro atoms. The van der Waals surface area contributed by atoms with E-state index in [0.29, 0.717) is 6.10 Å². The van der Waals surface area contributed by atoms with Gasteiger partial charge in [-0.15, -0.1) is 24.0 Å². The molecule has 2 N–H and O–H groups in total. The smallest absolute Gasteiger partial charge is 0.191 e. The maximum atomic E-state index is 6.06. The van der Waals surface area contributed by atoms with Crippen molar-refractivity contribution in [1.29, 1.82) is 0 Å². The largest absolute Gasteiger partial charge is 0.381 e. The second kappa shape index (κ2) is 11.5. The monoisotopic (exact) mass is 411 g/mol. The standard InChI is InChI=1S/C15H29N3O2.HI/c16-15(18-9-3-1-2-4-10-18)17-8-5-11-20-14-6-12-19-13-7-14;/h14H,1-13H2,(H2,16,17);1H. The molecule has 0 saturated carbocycles. The molecular weight excluding hydrogens is 381 g/mol. The van der Waals surface area contributed by atoms with Crippen LogP contribution in [0.2, 0.25) is 0 Å². The van der Waals surface area contributed by atoms with Crippen LogP contribution in [0.3, 0.4) is 0 Å². The van der Waals surface area contributed by atoms with Crippen LogP contribution in [-0.2, 0) is 9.47 Å². The molecule has 0 radical (unpaired) electrons. The summed E-state index contributed by atoms with van der Waals surface area (Å²) < 4.78 is 11.1. The van der Waals surface area contributed by atoms with Crippen molar-refractivity contribution in [3.05, 3.63) is 0 Å². The van der Waals surface area contributed by atoms with Gasteiger partial charge < -0.3 is 20.1 Å². The van der Waals surface area contributed by atoms with E-state index >= 15 is 0 Å². The fourth-order valence-electron chi connectivity index (χ4n) is 2.75. The minimum atomic E-state index is 0. The highest BCUT2D eigenvalue weighted by molar-refractivity contribution is 14.0. The molecule has 6 heteroatoms. The average Bonchev–Trinajstić information content (AvgIpc) is 2.77. The maximum absolute atomic E-state index is 6.06. The van der Waals surface area contributed by atoms with Gasteiger partial charge in [0.05, 0.1) is 6.10 Å². The summed E-state index contributed by atoms with van der Waals surface area (Å²) in [6.45, 7) is 5.35. The summed E-state index contributed by atoms with van der Waals surface area (Å²) in [4.78, 5) is 6.72. The summed E-state index contributed by atoms with van der Waals surface area (Å²) in [5, 5.41) is 0. The molecule has 2 aliphatic heterocycles. The second-order valence-electron chi connectivity index (χ2n) is 5.68. The van der Waals surface area contributed by atoms with Crippen LogP contribution in [0.15, 0.2) is 4.99 Å². The topological polar surface area (TPSA) is 60.1 Å². The zero-order chi connectivity index (χ0) is 14.0. The summed E-state index contributed by atoms with van der Waals surface area (Å²) >= 11 is 0. The lowest BCUT2D eigenvalue weighted by Gasteiger charge is -2.22. The Morgan fingerprint density at radius 3 is 2.48 bits per heavy atom. The van der Waals surface area contributed by atoms with Crippen molar-refractivity contribution in [2.75, 3.05) is 39.5 Å². The highest BCUT2D eigenvalue weighted by Gasteiger charge is 2.13. The third-order valence-corrected chi connectivity index (χ3v) is 4.03. The molecule has 2 saturated heterocycles. The van der Waals surface area contributed by atoms with Crippen LogP contribution >= 0.6 is 24.0 Å². The quantitative estimate of drug-likeness (QED) is 0.327. The molecule has 5 nitrogen and oxygen atoms in total. The number of hydrogen-bond acceptors (Lipinski definition) is 3. The first-order valence-electron chi connectivity index (χ1n) is 8.10. The summed E-state index contributed by atoms with van der Waals surface area (Å²) in [5.74, 6) is 0.720. The van der Waals surface area contributed by atoms with E-state index < -0.39 is 0 Å². The molecule has 0 amide bonds. The fraction of sp³-hybridized carbons (Fsp3) is 0.933. The molecule has 2 heterocycles. The number of nitrogens with two attached hydrogens (primary N) is 1. The molecule has 0 bridgehead atoms. The van der Waals surface area contributed by atoms with Crippen molar-refractivity contribution >= 4 is 29.9 Å². The lowest BCUT2D eigenvalue weighted by Crippen LogP contribution is -2.38. The van der Waals surface area contributed by atoms with E-state index in [0.717, 1.165) is 64.7 Å². The van der Waals surface area contributed by atoms with E-state index in [2.05, 4.69) is 9.89 Å². The summed E-state index contributed by atoms with van der Waals surface area (Å²) in [5.41, 5.74) is 6.06. The van der Waals surface area contributed by atoms with Crippen molar-refractivity contribution in [2.45, 2.75) is 51.0 Å². The Morgan fingerprint density at radius 2 is 1.81 bits per heavy atom. The van der Waals surface area contributed by atoms with Crippen LogP contribution in [0.4, 0.5) is 0 Å². The molecule has 0 atom stereocenters. The van der Waals surface area contributed by atoms with E-state index in [9.17, 15) is 0 Å². The van der Waals surface area contributed by atoms with Crippen molar-refractivity contribution < 1.29 is 9.47 Å². The van der Waals surface area contributed by atoms with E-state index in [-0.39, 0.29) is 24.0 Å². The molecule has 2 fully saturated rings. The van der Waals surface area contributed by atoms with Gasteiger partial charge in [-0.2, -0.15) is 0 Å². The van der Waals surface area contributed by atoms with Gasteiger partial charge in [-0.05, 0) is 32.1 Å². The highest BCUT2D eigenvalue weighted by Crippen LogP contribution is 2.11. The molecule has 2 aliphatic rings.